The molecule has 0 aliphatic heterocycles. The van der Waals surface area contributed by atoms with Crippen LogP contribution in [0.2, 0.25) is 10.0 Å². The second-order valence-corrected chi connectivity index (χ2v) is 5.02. The Labute approximate surface area is 123 Å². The average molecular weight is 321 g/mol. The van der Waals surface area contributed by atoms with Crippen LogP contribution in [-0.4, -0.2) is 5.11 Å². The van der Waals surface area contributed by atoms with Gasteiger partial charge in [-0.15, -0.1) is 0 Å². The van der Waals surface area contributed by atoms with Crippen molar-refractivity contribution in [3.63, 3.8) is 0 Å². The van der Waals surface area contributed by atoms with Crippen molar-refractivity contribution in [2.45, 2.75) is 12.5 Å². The highest BCUT2D eigenvalue weighted by atomic mass is 35.5. The van der Waals surface area contributed by atoms with Gasteiger partial charge in [0.2, 0.25) is 0 Å². The predicted molar refractivity (Wildman–Crippen MR) is 71.4 cm³/mol. The summed E-state index contributed by atoms with van der Waals surface area (Å²) in [5.41, 5.74) is 0.0624. The van der Waals surface area contributed by atoms with Crippen molar-refractivity contribution in [1.82, 2.24) is 0 Å². The number of hydrogen-bond donors (Lipinski definition) is 1. The third-order valence-corrected chi connectivity index (χ3v) is 3.54. The fourth-order valence-corrected chi connectivity index (χ4v) is 2.34. The molecule has 20 heavy (non-hydrogen) atoms. The molecule has 0 bridgehead atoms. The van der Waals surface area contributed by atoms with Crippen LogP contribution < -0.4 is 0 Å². The molecule has 0 aliphatic carbocycles. The molecule has 0 heterocycles. The maximum atomic E-state index is 13.6. The molecule has 0 saturated heterocycles. The van der Waals surface area contributed by atoms with E-state index in [0.717, 1.165) is 12.1 Å². The molecular weight excluding hydrogens is 312 g/mol. The zero-order valence-corrected chi connectivity index (χ0v) is 11.5. The summed E-state index contributed by atoms with van der Waals surface area (Å²) in [5, 5.41) is 10.0. The number of benzene rings is 2. The van der Waals surface area contributed by atoms with Gasteiger partial charge in [-0.05, 0) is 24.3 Å². The number of halogens is 5. The summed E-state index contributed by atoms with van der Waals surface area (Å²) in [7, 11) is 0. The van der Waals surface area contributed by atoms with Crippen molar-refractivity contribution >= 4 is 23.2 Å². The first kappa shape index (κ1) is 15.2. The third kappa shape index (κ3) is 3.08. The largest absolute Gasteiger partial charge is 0.388 e. The van der Waals surface area contributed by atoms with E-state index in [-0.39, 0.29) is 27.6 Å². The van der Waals surface area contributed by atoms with E-state index in [1.54, 1.807) is 0 Å². The minimum Gasteiger partial charge on any atom is -0.388 e. The van der Waals surface area contributed by atoms with Crippen LogP contribution >= 0.6 is 23.2 Å². The van der Waals surface area contributed by atoms with Gasteiger partial charge in [-0.1, -0.05) is 29.3 Å². The van der Waals surface area contributed by atoms with E-state index in [0.29, 0.717) is 0 Å². The highest BCUT2D eigenvalue weighted by Crippen LogP contribution is 2.30. The molecule has 0 spiro atoms. The Morgan fingerprint density at radius 2 is 1.60 bits per heavy atom. The molecule has 1 atom stereocenters. The van der Waals surface area contributed by atoms with E-state index >= 15 is 0 Å². The van der Waals surface area contributed by atoms with E-state index in [1.807, 2.05) is 0 Å². The van der Waals surface area contributed by atoms with Gasteiger partial charge in [0, 0.05) is 27.6 Å². The van der Waals surface area contributed by atoms with Crippen molar-refractivity contribution in [2.75, 3.05) is 0 Å². The smallest absolute Gasteiger partial charge is 0.160 e. The topological polar surface area (TPSA) is 20.2 Å². The predicted octanol–water partition coefficient (Wildman–Crippen LogP) is 4.69. The molecule has 2 aromatic carbocycles. The van der Waals surface area contributed by atoms with Crippen LogP contribution in [0.5, 0.6) is 0 Å². The van der Waals surface area contributed by atoms with E-state index in [9.17, 15) is 18.3 Å². The van der Waals surface area contributed by atoms with Gasteiger partial charge < -0.3 is 5.11 Å². The fraction of sp³-hybridized carbons (Fsp3) is 0.143. The highest BCUT2D eigenvalue weighted by molar-refractivity contribution is 6.31. The zero-order valence-electron chi connectivity index (χ0n) is 10.0. The quantitative estimate of drug-likeness (QED) is 0.814. The Morgan fingerprint density at radius 3 is 2.25 bits per heavy atom. The van der Waals surface area contributed by atoms with Crippen LogP contribution in [-0.2, 0) is 6.42 Å². The molecule has 2 aromatic rings. The van der Waals surface area contributed by atoms with E-state index < -0.39 is 23.6 Å². The van der Waals surface area contributed by atoms with E-state index in [4.69, 9.17) is 23.2 Å². The summed E-state index contributed by atoms with van der Waals surface area (Å²) in [5.74, 6) is -2.84. The average Bonchev–Trinajstić information content (AvgIpc) is 2.38. The fourth-order valence-electron chi connectivity index (χ4n) is 1.82. The van der Waals surface area contributed by atoms with Gasteiger partial charge in [0.05, 0.1) is 6.10 Å². The van der Waals surface area contributed by atoms with Gasteiger partial charge >= 0.3 is 0 Å². The number of rotatable bonds is 3. The molecule has 0 aromatic heterocycles. The van der Waals surface area contributed by atoms with Crippen molar-refractivity contribution in [2.24, 2.45) is 0 Å². The summed E-state index contributed by atoms with van der Waals surface area (Å²) in [4.78, 5) is 0. The zero-order chi connectivity index (χ0) is 14.9. The van der Waals surface area contributed by atoms with Gasteiger partial charge in [0.25, 0.3) is 0 Å². The van der Waals surface area contributed by atoms with Crippen LogP contribution in [0.25, 0.3) is 0 Å². The van der Waals surface area contributed by atoms with E-state index in [1.165, 1.54) is 18.2 Å². The third-order valence-electron chi connectivity index (χ3n) is 2.86. The first-order chi connectivity index (χ1) is 9.40. The van der Waals surface area contributed by atoms with Crippen molar-refractivity contribution in [3.8, 4) is 0 Å². The Bertz CT molecular complexity index is 626. The van der Waals surface area contributed by atoms with Crippen LogP contribution in [0.3, 0.4) is 0 Å². The van der Waals surface area contributed by atoms with Crippen LogP contribution in [0.4, 0.5) is 13.2 Å². The highest BCUT2D eigenvalue weighted by Gasteiger charge is 2.19. The minimum absolute atomic E-state index is 0.0233. The lowest BCUT2D eigenvalue weighted by atomic mass is 10.0. The summed E-state index contributed by atoms with van der Waals surface area (Å²) < 4.78 is 39.7. The van der Waals surface area contributed by atoms with E-state index in [2.05, 4.69) is 0 Å². The first-order valence-electron chi connectivity index (χ1n) is 5.65. The molecule has 1 N–H and O–H groups in total. The first-order valence-corrected chi connectivity index (χ1v) is 6.41. The van der Waals surface area contributed by atoms with Gasteiger partial charge in [-0.3, -0.25) is 0 Å². The van der Waals surface area contributed by atoms with Gasteiger partial charge in [0.15, 0.2) is 11.6 Å². The molecule has 0 fully saturated rings. The summed E-state index contributed by atoms with van der Waals surface area (Å²) in [6, 6.07) is 5.65. The SMILES string of the molecule is OC(Cc1c(F)cccc1Cl)c1cc(F)c(F)cc1Cl. The normalized spacial score (nSPS) is 12.5. The van der Waals surface area contributed by atoms with Crippen LogP contribution in [0.15, 0.2) is 30.3 Å². The molecule has 1 unspecified atom stereocenters. The Kier molecular flexibility index (Phi) is 4.58. The van der Waals surface area contributed by atoms with Gasteiger partial charge in [-0.25, -0.2) is 13.2 Å². The molecule has 1 nitrogen and oxygen atoms in total. The van der Waals surface area contributed by atoms with Crippen LogP contribution in [0.1, 0.15) is 17.2 Å². The monoisotopic (exact) mass is 320 g/mol. The molecular formula is C14H9Cl2F3O. The Morgan fingerprint density at radius 1 is 0.950 bits per heavy atom. The van der Waals surface area contributed by atoms with Crippen LogP contribution in [0, 0.1) is 17.5 Å². The van der Waals surface area contributed by atoms with Crippen molar-refractivity contribution < 1.29 is 18.3 Å². The number of aliphatic hydroxyl groups excluding tert-OH is 1. The second kappa shape index (κ2) is 6.04. The number of aliphatic hydroxyl groups is 1. The molecule has 0 saturated carbocycles. The molecule has 0 radical (unpaired) electrons. The number of hydrogen-bond acceptors (Lipinski definition) is 1. The minimum atomic E-state index is -1.30. The van der Waals surface area contributed by atoms with Gasteiger partial charge in [0.1, 0.15) is 5.82 Å². The lowest BCUT2D eigenvalue weighted by molar-refractivity contribution is 0.176. The molecule has 2 rings (SSSR count). The maximum Gasteiger partial charge on any atom is 0.160 e. The molecule has 106 valence electrons. The second-order valence-electron chi connectivity index (χ2n) is 4.21. The molecule has 0 amide bonds. The summed E-state index contributed by atoms with van der Waals surface area (Å²) >= 11 is 11.6. The van der Waals surface area contributed by atoms with Crippen molar-refractivity contribution in [3.05, 3.63) is 69.0 Å². The maximum absolute atomic E-state index is 13.6. The van der Waals surface area contributed by atoms with Gasteiger partial charge in [-0.2, -0.15) is 0 Å². The molecule has 0 aliphatic rings. The lowest BCUT2D eigenvalue weighted by Gasteiger charge is -2.14. The summed E-state index contributed by atoms with van der Waals surface area (Å²) in [6.45, 7) is 0. The Balaban J connectivity index is 2.33. The summed E-state index contributed by atoms with van der Waals surface area (Å²) in [6.07, 6.45) is -1.50. The lowest BCUT2D eigenvalue weighted by Crippen LogP contribution is -2.06. The Hall–Kier alpha value is -1.23. The standard InChI is InChI=1S/C14H9Cl2F3O/c15-9-2-1-3-11(17)7(9)5-14(20)8-4-12(18)13(19)6-10(8)16/h1-4,6,14,20H,5H2. The molecule has 6 heteroatoms. The van der Waals surface area contributed by atoms with Crippen molar-refractivity contribution in [1.29, 1.82) is 0 Å².